The van der Waals surface area contributed by atoms with Crippen LogP contribution in [0.15, 0.2) is 47.6 Å². The van der Waals surface area contributed by atoms with Crippen molar-refractivity contribution in [2.75, 3.05) is 41.0 Å². The van der Waals surface area contributed by atoms with E-state index >= 15 is 0 Å². The van der Waals surface area contributed by atoms with Crippen molar-refractivity contribution in [3.05, 3.63) is 59.4 Å². The Balaban J connectivity index is 1.63. The molecule has 1 heterocycles. The van der Waals surface area contributed by atoms with E-state index in [-0.39, 0.29) is 30.1 Å². The third-order valence-corrected chi connectivity index (χ3v) is 6.27. The van der Waals surface area contributed by atoms with E-state index in [0.717, 1.165) is 24.0 Å². The van der Waals surface area contributed by atoms with Gasteiger partial charge in [-0.1, -0.05) is 18.2 Å². The minimum atomic E-state index is -0.414. The maximum atomic E-state index is 13.5. The number of hydrogen-bond donors (Lipinski definition) is 0. The number of hydrogen-bond acceptors (Lipinski definition) is 6. The highest BCUT2D eigenvalue weighted by molar-refractivity contribution is 6.03. The predicted molar refractivity (Wildman–Crippen MR) is 128 cm³/mol. The van der Waals surface area contributed by atoms with E-state index in [0.29, 0.717) is 36.8 Å². The van der Waals surface area contributed by atoms with Gasteiger partial charge in [0, 0.05) is 26.0 Å². The Hall–Kier alpha value is -3.46. The van der Waals surface area contributed by atoms with Crippen LogP contribution in [0.4, 0.5) is 4.39 Å². The summed E-state index contributed by atoms with van der Waals surface area (Å²) in [5, 5.41) is 6.06. The number of hydrazone groups is 1. The molecule has 2 aliphatic rings. The SMILES string of the molecule is COCCN(CC(=O)N1N=C(c2ccc(F)cc2)CC1c1ccc(OC)c(OC)c1)C(=O)C1CC1. The first-order chi connectivity index (χ1) is 16.9. The fraction of sp³-hybridized carbons (Fsp3) is 0.423. The van der Waals surface area contributed by atoms with E-state index in [1.165, 1.54) is 17.1 Å². The second-order valence-corrected chi connectivity index (χ2v) is 8.65. The normalized spacial score (nSPS) is 17.2. The van der Waals surface area contributed by atoms with Gasteiger partial charge in [0.25, 0.3) is 5.91 Å². The Bertz CT molecular complexity index is 1100. The van der Waals surface area contributed by atoms with E-state index in [1.807, 2.05) is 12.1 Å². The minimum absolute atomic E-state index is 0.0156. The molecule has 35 heavy (non-hydrogen) atoms. The predicted octanol–water partition coefficient (Wildman–Crippen LogP) is 3.41. The zero-order valence-corrected chi connectivity index (χ0v) is 20.2. The quantitative estimate of drug-likeness (QED) is 0.518. The van der Waals surface area contributed by atoms with Gasteiger partial charge >= 0.3 is 0 Å². The molecule has 1 aliphatic carbocycles. The summed E-state index contributed by atoms with van der Waals surface area (Å²) in [7, 11) is 4.68. The number of benzene rings is 2. The molecule has 186 valence electrons. The molecule has 4 rings (SSSR count). The van der Waals surface area contributed by atoms with Gasteiger partial charge < -0.3 is 19.1 Å². The third kappa shape index (κ3) is 5.62. The van der Waals surface area contributed by atoms with Gasteiger partial charge in [0.1, 0.15) is 12.4 Å². The van der Waals surface area contributed by atoms with E-state index in [4.69, 9.17) is 14.2 Å². The van der Waals surface area contributed by atoms with Crippen LogP contribution >= 0.6 is 0 Å². The van der Waals surface area contributed by atoms with Gasteiger partial charge in [-0.2, -0.15) is 5.10 Å². The molecule has 1 atom stereocenters. The summed E-state index contributed by atoms with van der Waals surface area (Å²) >= 11 is 0. The number of nitrogens with zero attached hydrogens (tertiary/aromatic N) is 3. The van der Waals surface area contributed by atoms with E-state index < -0.39 is 6.04 Å². The maximum absolute atomic E-state index is 13.5. The molecule has 0 N–H and O–H groups in total. The summed E-state index contributed by atoms with van der Waals surface area (Å²) < 4.78 is 29.4. The van der Waals surface area contributed by atoms with Crippen molar-refractivity contribution in [3.8, 4) is 11.5 Å². The molecule has 1 fully saturated rings. The summed E-state index contributed by atoms with van der Waals surface area (Å²) in [6.07, 6.45) is 2.13. The van der Waals surface area contributed by atoms with Crippen LogP contribution in [0.25, 0.3) is 0 Å². The fourth-order valence-electron chi connectivity index (χ4n) is 4.17. The molecule has 1 aliphatic heterocycles. The molecule has 8 nitrogen and oxygen atoms in total. The van der Waals surface area contributed by atoms with E-state index in [1.54, 1.807) is 44.4 Å². The maximum Gasteiger partial charge on any atom is 0.262 e. The number of amides is 2. The van der Waals surface area contributed by atoms with Gasteiger partial charge in [-0.05, 0) is 48.2 Å². The van der Waals surface area contributed by atoms with Crippen molar-refractivity contribution >= 4 is 17.5 Å². The third-order valence-electron chi connectivity index (χ3n) is 6.27. The van der Waals surface area contributed by atoms with Crippen LogP contribution in [0, 0.1) is 11.7 Å². The van der Waals surface area contributed by atoms with E-state index in [2.05, 4.69) is 5.10 Å². The lowest BCUT2D eigenvalue weighted by Gasteiger charge is -2.27. The molecular formula is C26H30FN3O5. The van der Waals surface area contributed by atoms with Crippen LogP contribution in [0.3, 0.4) is 0 Å². The Morgan fingerprint density at radius 3 is 2.40 bits per heavy atom. The smallest absolute Gasteiger partial charge is 0.262 e. The largest absolute Gasteiger partial charge is 0.493 e. The Labute approximate surface area is 204 Å². The molecule has 0 spiro atoms. The zero-order valence-electron chi connectivity index (χ0n) is 20.2. The van der Waals surface area contributed by atoms with Gasteiger partial charge in [0.05, 0.1) is 32.6 Å². The summed E-state index contributed by atoms with van der Waals surface area (Å²) in [4.78, 5) is 27.9. The second kappa shape index (κ2) is 10.9. The molecule has 2 aromatic rings. The van der Waals surface area contributed by atoms with Gasteiger partial charge in [-0.3, -0.25) is 9.59 Å². The van der Waals surface area contributed by atoms with Gasteiger partial charge in [-0.25, -0.2) is 9.40 Å². The zero-order chi connectivity index (χ0) is 24.9. The molecular weight excluding hydrogens is 453 g/mol. The van der Waals surface area contributed by atoms with Crippen molar-refractivity contribution in [1.82, 2.24) is 9.91 Å². The van der Waals surface area contributed by atoms with Crippen LogP contribution in [-0.2, 0) is 14.3 Å². The van der Waals surface area contributed by atoms with Gasteiger partial charge in [0.2, 0.25) is 5.91 Å². The highest BCUT2D eigenvalue weighted by Gasteiger charge is 2.38. The monoisotopic (exact) mass is 483 g/mol. The number of carbonyl (C=O) groups excluding carboxylic acids is 2. The lowest BCUT2D eigenvalue weighted by Crippen LogP contribution is -2.43. The molecule has 0 aromatic heterocycles. The number of rotatable bonds is 10. The van der Waals surface area contributed by atoms with Crippen molar-refractivity contribution in [1.29, 1.82) is 0 Å². The second-order valence-electron chi connectivity index (χ2n) is 8.65. The Morgan fingerprint density at radius 2 is 1.77 bits per heavy atom. The lowest BCUT2D eigenvalue weighted by atomic mass is 9.98. The first-order valence-electron chi connectivity index (χ1n) is 11.6. The van der Waals surface area contributed by atoms with Gasteiger partial charge in [-0.15, -0.1) is 0 Å². The average Bonchev–Trinajstić information content (AvgIpc) is 3.64. The molecule has 2 amide bonds. The van der Waals surface area contributed by atoms with Crippen LogP contribution in [0.5, 0.6) is 11.5 Å². The fourth-order valence-corrected chi connectivity index (χ4v) is 4.17. The molecule has 1 unspecified atom stereocenters. The molecule has 0 saturated heterocycles. The van der Waals surface area contributed by atoms with Crippen molar-refractivity contribution < 1.29 is 28.2 Å². The number of carbonyl (C=O) groups is 2. The number of methoxy groups -OCH3 is 3. The average molecular weight is 484 g/mol. The molecule has 0 radical (unpaired) electrons. The lowest BCUT2D eigenvalue weighted by molar-refractivity contribution is -0.142. The molecule has 1 saturated carbocycles. The van der Waals surface area contributed by atoms with Crippen LogP contribution in [0.2, 0.25) is 0 Å². The number of halogens is 1. The molecule has 9 heteroatoms. The van der Waals surface area contributed by atoms with Gasteiger partial charge in [0.15, 0.2) is 11.5 Å². The standard InChI is InChI=1S/C26H30FN3O5/c1-33-13-12-29(26(32)18-4-5-18)16-25(31)30-22(19-8-11-23(34-2)24(14-19)35-3)15-21(28-30)17-6-9-20(27)10-7-17/h6-11,14,18,22H,4-5,12-13,15-16H2,1-3H3. The van der Waals surface area contributed by atoms with Crippen molar-refractivity contribution in [2.45, 2.75) is 25.3 Å². The van der Waals surface area contributed by atoms with Crippen molar-refractivity contribution in [3.63, 3.8) is 0 Å². The van der Waals surface area contributed by atoms with Crippen molar-refractivity contribution in [2.24, 2.45) is 11.0 Å². The Kier molecular flexibility index (Phi) is 7.65. The first kappa shape index (κ1) is 24.7. The van der Waals surface area contributed by atoms with Crippen LogP contribution in [-0.4, -0.2) is 68.5 Å². The molecule has 2 aromatic carbocycles. The summed E-state index contributed by atoms with van der Waals surface area (Å²) in [6.45, 7) is 0.582. The van der Waals surface area contributed by atoms with Crippen LogP contribution in [0.1, 0.15) is 36.4 Å². The summed E-state index contributed by atoms with van der Waals surface area (Å²) in [5.74, 6) is 0.431. The summed E-state index contributed by atoms with van der Waals surface area (Å²) in [6, 6.07) is 11.1. The first-order valence-corrected chi connectivity index (χ1v) is 11.6. The van der Waals surface area contributed by atoms with Crippen LogP contribution < -0.4 is 9.47 Å². The highest BCUT2D eigenvalue weighted by atomic mass is 19.1. The molecule has 0 bridgehead atoms. The topological polar surface area (TPSA) is 80.7 Å². The summed E-state index contributed by atoms with van der Waals surface area (Å²) in [5.41, 5.74) is 2.21. The number of ether oxygens (including phenoxy) is 3. The Morgan fingerprint density at radius 1 is 1.06 bits per heavy atom. The minimum Gasteiger partial charge on any atom is -0.493 e. The van der Waals surface area contributed by atoms with E-state index in [9.17, 15) is 14.0 Å². The highest BCUT2D eigenvalue weighted by Crippen LogP contribution is 2.38.